The largest absolute Gasteiger partial charge is 0.496 e. The number of nitrogens with zero attached hydrogens (tertiary/aromatic N) is 2. The van der Waals surface area contributed by atoms with Gasteiger partial charge in [-0.1, -0.05) is 12.1 Å². The third-order valence-corrected chi connectivity index (χ3v) is 4.99. The first-order valence-electron chi connectivity index (χ1n) is 7.13. The highest BCUT2D eigenvalue weighted by Gasteiger charge is 2.17. The molecule has 1 aromatic heterocycles. The van der Waals surface area contributed by atoms with Crippen molar-refractivity contribution in [2.75, 3.05) is 13.7 Å². The molecule has 8 heteroatoms. The molecule has 1 aromatic carbocycles. The Hall–Kier alpha value is -2.63. The molecule has 0 spiro atoms. The Labute approximate surface area is 140 Å². The lowest BCUT2D eigenvalue weighted by Gasteiger charge is -2.12. The average molecular weight is 347 g/mol. The highest BCUT2D eigenvalue weighted by atomic mass is 32.2. The van der Waals surface area contributed by atoms with Crippen LogP contribution < -0.4 is 15.0 Å². The van der Waals surface area contributed by atoms with Crippen molar-refractivity contribution >= 4 is 10.0 Å². The number of hydrogen-bond acceptors (Lipinski definition) is 5. The van der Waals surface area contributed by atoms with Crippen LogP contribution in [0.5, 0.6) is 5.75 Å². The first-order valence-corrected chi connectivity index (χ1v) is 8.61. The van der Waals surface area contributed by atoms with E-state index >= 15 is 0 Å². The lowest BCUT2D eigenvalue weighted by atomic mass is 10.2. The Morgan fingerprint density at radius 1 is 1.29 bits per heavy atom. The van der Waals surface area contributed by atoms with Crippen LogP contribution in [-0.2, 0) is 16.6 Å². The molecule has 2 rings (SSSR count). The minimum absolute atomic E-state index is 0.0230. The maximum Gasteiger partial charge on any atom is 0.254 e. The monoisotopic (exact) mass is 347 g/mol. The fourth-order valence-corrected chi connectivity index (χ4v) is 3.44. The van der Waals surface area contributed by atoms with Gasteiger partial charge < -0.3 is 9.30 Å². The maximum atomic E-state index is 12.3. The Balaban J connectivity index is 2.15. The second-order valence-electron chi connectivity index (χ2n) is 5.03. The number of rotatable bonds is 6. The predicted molar refractivity (Wildman–Crippen MR) is 88.3 cm³/mol. The van der Waals surface area contributed by atoms with Gasteiger partial charge in [-0.3, -0.25) is 4.79 Å². The fraction of sp³-hybridized carbons (Fsp3) is 0.250. The van der Waals surface area contributed by atoms with Gasteiger partial charge in [-0.15, -0.1) is 0 Å². The minimum Gasteiger partial charge on any atom is -0.496 e. The van der Waals surface area contributed by atoms with E-state index in [9.17, 15) is 13.2 Å². The number of aromatic nitrogens is 1. The summed E-state index contributed by atoms with van der Waals surface area (Å²) in [5.41, 5.74) is 0.460. The second kappa shape index (κ2) is 7.29. The van der Waals surface area contributed by atoms with Crippen LogP contribution in [0.15, 0.2) is 46.1 Å². The molecule has 0 fully saturated rings. The normalized spacial score (nSPS) is 11.0. The molecule has 0 bridgehead atoms. The first-order chi connectivity index (χ1) is 11.4. The molecule has 0 radical (unpaired) electrons. The van der Waals surface area contributed by atoms with E-state index in [1.54, 1.807) is 25.1 Å². The van der Waals surface area contributed by atoms with Crippen molar-refractivity contribution in [2.24, 2.45) is 0 Å². The molecule has 0 atom stereocenters. The van der Waals surface area contributed by atoms with Crippen LogP contribution in [-0.4, -0.2) is 26.6 Å². The molecule has 7 nitrogen and oxygen atoms in total. The van der Waals surface area contributed by atoms with Crippen molar-refractivity contribution in [3.05, 3.63) is 58.0 Å². The zero-order chi connectivity index (χ0) is 17.7. The zero-order valence-corrected chi connectivity index (χ0v) is 14.1. The number of methoxy groups -OCH3 is 1. The fourth-order valence-electron chi connectivity index (χ4n) is 2.27. The summed E-state index contributed by atoms with van der Waals surface area (Å²) in [6.07, 6.45) is 0. The third-order valence-electron chi connectivity index (χ3n) is 3.47. The standard InChI is InChI=1S/C16H17N3O4S/c1-12-9-14(23-2)10-16(20)19(12)8-7-18-24(21,22)15-6-4-3-5-13(15)11-17/h3-6,9-10,18H,7-8H2,1-2H3. The molecule has 24 heavy (non-hydrogen) atoms. The summed E-state index contributed by atoms with van der Waals surface area (Å²) in [6, 6.07) is 10.8. The Bertz CT molecular complexity index is 943. The SMILES string of the molecule is COc1cc(C)n(CCNS(=O)(=O)c2ccccc2C#N)c(=O)c1. The van der Waals surface area contributed by atoms with E-state index in [2.05, 4.69) is 4.72 Å². The highest BCUT2D eigenvalue weighted by Crippen LogP contribution is 2.14. The van der Waals surface area contributed by atoms with Gasteiger partial charge in [0.15, 0.2) is 0 Å². The molecule has 0 amide bonds. The lowest BCUT2D eigenvalue weighted by Crippen LogP contribution is -2.32. The smallest absolute Gasteiger partial charge is 0.254 e. The van der Waals surface area contributed by atoms with Crippen LogP contribution in [0.25, 0.3) is 0 Å². The van der Waals surface area contributed by atoms with Crippen LogP contribution in [0.3, 0.4) is 0 Å². The van der Waals surface area contributed by atoms with Gasteiger partial charge in [0.25, 0.3) is 5.56 Å². The molecule has 0 saturated heterocycles. The topological polar surface area (TPSA) is 101 Å². The number of ether oxygens (including phenoxy) is 1. The average Bonchev–Trinajstić information content (AvgIpc) is 2.57. The zero-order valence-electron chi connectivity index (χ0n) is 13.3. The molecule has 2 aromatic rings. The van der Waals surface area contributed by atoms with Crippen molar-refractivity contribution in [3.8, 4) is 11.8 Å². The molecule has 1 N–H and O–H groups in total. The molecular weight excluding hydrogens is 330 g/mol. The van der Waals surface area contributed by atoms with E-state index < -0.39 is 10.0 Å². The molecule has 0 unspecified atom stereocenters. The Kier molecular flexibility index (Phi) is 5.39. The van der Waals surface area contributed by atoms with Crippen LogP contribution in [0.4, 0.5) is 0 Å². The molecule has 0 aliphatic rings. The summed E-state index contributed by atoms with van der Waals surface area (Å²) in [5.74, 6) is 0.456. The van der Waals surface area contributed by atoms with Gasteiger partial charge in [-0.2, -0.15) is 5.26 Å². The molecule has 1 heterocycles. The van der Waals surface area contributed by atoms with Gasteiger partial charge >= 0.3 is 0 Å². The van der Waals surface area contributed by atoms with E-state index in [-0.39, 0.29) is 29.1 Å². The molecule has 0 aliphatic heterocycles. The second-order valence-corrected chi connectivity index (χ2v) is 6.77. The Morgan fingerprint density at radius 3 is 2.62 bits per heavy atom. The maximum absolute atomic E-state index is 12.3. The van der Waals surface area contributed by atoms with Crippen LogP contribution in [0, 0.1) is 18.3 Å². The van der Waals surface area contributed by atoms with E-state index in [0.717, 1.165) is 0 Å². The molecule has 126 valence electrons. The van der Waals surface area contributed by atoms with Crippen LogP contribution in [0.1, 0.15) is 11.3 Å². The number of nitrogens with one attached hydrogen (secondary N) is 1. The van der Waals surface area contributed by atoms with E-state index in [1.807, 2.05) is 6.07 Å². The number of aryl methyl sites for hydroxylation is 1. The summed E-state index contributed by atoms with van der Waals surface area (Å²) in [5, 5.41) is 9.01. The number of nitriles is 1. The van der Waals surface area contributed by atoms with Gasteiger partial charge in [0.05, 0.1) is 17.6 Å². The summed E-state index contributed by atoms with van der Waals surface area (Å²) in [6.45, 7) is 1.93. The van der Waals surface area contributed by atoms with Crippen molar-refractivity contribution in [3.63, 3.8) is 0 Å². The first kappa shape index (κ1) is 17.7. The predicted octanol–water partition coefficient (Wildman–Crippen LogP) is 1.02. The van der Waals surface area contributed by atoms with Gasteiger partial charge in [-0.25, -0.2) is 13.1 Å². The van der Waals surface area contributed by atoms with Gasteiger partial charge in [0.1, 0.15) is 11.8 Å². The summed E-state index contributed by atoms with van der Waals surface area (Å²) < 4.78 is 33.5. The number of sulfonamides is 1. The van der Waals surface area contributed by atoms with Crippen LogP contribution >= 0.6 is 0 Å². The molecular formula is C16H17N3O4S. The highest BCUT2D eigenvalue weighted by molar-refractivity contribution is 7.89. The third kappa shape index (κ3) is 3.82. The quantitative estimate of drug-likeness (QED) is 0.840. The minimum atomic E-state index is -3.82. The van der Waals surface area contributed by atoms with E-state index in [4.69, 9.17) is 10.00 Å². The number of benzene rings is 1. The van der Waals surface area contributed by atoms with Crippen molar-refractivity contribution in [2.45, 2.75) is 18.4 Å². The Morgan fingerprint density at radius 2 is 2.00 bits per heavy atom. The number of pyridine rings is 1. The summed E-state index contributed by atoms with van der Waals surface area (Å²) in [7, 11) is -2.35. The van der Waals surface area contributed by atoms with Gasteiger partial charge in [0.2, 0.25) is 10.0 Å². The summed E-state index contributed by atoms with van der Waals surface area (Å²) in [4.78, 5) is 11.9. The molecule has 0 aliphatic carbocycles. The van der Waals surface area contributed by atoms with Gasteiger partial charge in [0, 0.05) is 24.8 Å². The van der Waals surface area contributed by atoms with E-state index in [0.29, 0.717) is 11.4 Å². The molecule has 0 saturated carbocycles. The number of hydrogen-bond donors (Lipinski definition) is 1. The van der Waals surface area contributed by atoms with E-state index in [1.165, 1.54) is 29.9 Å². The van der Waals surface area contributed by atoms with Crippen molar-refractivity contribution in [1.82, 2.24) is 9.29 Å². The van der Waals surface area contributed by atoms with Crippen molar-refractivity contribution < 1.29 is 13.2 Å². The lowest BCUT2D eigenvalue weighted by molar-refractivity contribution is 0.411. The van der Waals surface area contributed by atoms with Crippen molar-refractivity contribution in [1.29, 1.82) is 5.26 Å². The summed E-state index contributed by atoms with van der Waals surface area (Å²) >= 11 is 0. The van der Waals surface area contributed by atoms with Gasteiger partial charge in [-0.05, 0) is 25.1 Å². The van der Waals surface area contributed by atoms with Crippen LogP contribution in [0.2, 0.25) is 0 Å².